The Bertz CT molecular complexity index is 611. The molecule has 2 fully saturated rings. The smallest absolute Gasteiger partial charge is 0.274 e. The minimum absolute atomic E-state index is 0.0732. The van der Waals surface area contributed by atoms with E-state index in [1.807, 2.05) is 17.0 Å². The molecule has 0 saturated heterocycles. The molecule has 2 aromatic rings. The molecule has 1 N–H and O–H groups in total. The second-order valence-electron chi connectivity index (χ2n) is 5.73. The number of hydrogen-bond acceptors (Lipinski definition) is 3. The summed E-state index contributed by atoms with van der Waals surface area (Å²) in [6.45, 7) is 0.715. The number of thiophene rings is 1. The molecule has 0 aromatic carbocycles. The van der Waals surface area contributed by atoms with Crippen LogP contribution in [0.25, 0.3) is 0 Å². The second-order valence-corrected chi connectivity index (χ2v) is 6.76. The number of H-pyrrole nitrogens is 1. The Morgan fingerprint density at radius 3 is 2.90 bits per heavy atom. The zero-order valence-corrected chi connectivity index (χ0v) is 12.0. The zero-order valence-electron chi connectivity index (χ0n) is 11.2. The van der Waals surface area contributed by atoms with Crippen LogP contribution in [0.1, 0.15) is 52.7 Å². The molecule has 0 bridgehead atoms. The Morgan fingerprint density at radius 1 is 1.40 bits per heavy atom. The maximum Gasteiger partial charge on any atom is 0.274 e. The van der Waals surface area contributed by atoms with Crippen LogP contribution in [0.4, 0.5) is 0 Å². The molecule has 4 rings (SSSR count). The van der Waals surface area contributed by atoms with E-state index in [4.69, 9.17) is 0 Å². The van der Waals surface area contributed by atoms with Crippen molar-refractivity contribution in [3.05, 3.63) is 39.8 Å². The number of nitrogens with one attached hydrogen (secondary N) is 1. The summed E-state index contributed by atoms with van der Waals surface area (Å²) in [5, 5.41) is 9.31. The zero-order chi connectivity index (χ0) is 13.5. The Morgan fingerprint density at radius 2 is 2.25 bits per heavy atom. The molecule has 20 heavy (non-hydrogen) atoms. The first-order chi connectivity index (χ1) is 9.81. The van der Waals surface area contributed by atoms with Crippen LogP contribution in [0, 0.1) is 0 Å². The maximum absolute atomic E-state index is 12.7. The molecule has 5 heteroatoms. The summed E-state index contributed by atoms with van der Waals surface area (Å²) in [5.41, 5.74) is 1.70. The van der Waals surface area contributed by atoms with Crippen LogP contribution in [-0.4, -0.2) is 27.0 Å². The van der Waals surface area contributed by atoms with Gasteiger partial charge in [-0.2, -0.15) is 5.10 Å². The van der Waals surface area contributed by atoms with Gasteiger partial charge in [0.25, 0.3) is 5.91 Å². The van der Waals surface area contributed by atoms with Crippen molar-refractivity contribution in [2.45, 2.75) is 44.2 Å². The van der Waals surface area contributed by atoms with Gasteiger partial charge in [0.1, 0.15) is 5.69 Å². The van der Waals surface area contributed by atoms with Crippen LogP contribution < -0.4 is 0 Å². The van der Waals surface area contributed by atoms with E-state index in [2.05, 4.69) is 21.6 Å². The van der Waals surface area contributed by atoms with Crippen molar-refractivity contribution in [3.63, 3.8) is 0 Å². The fourth-order valence-electron chi connectivity index (χ4n) is 2.52. The number of amides is 1. The summed E-state index contributed by atoms with van der Waals surface area (Å²) >= 11 is 1.71. The number of carbonyl (C=O) groups excluding carboxylic acids is 1. The first-order valence-electron chi connectivity index (χ1n) is 7.20. The monoisotopic (exact) mass is 287 g/mol. The number of nitrogens with zero attached hydrogens (tertiary/aromatic N) is 2. The lowest BCUT2D eigenvalue weighted by Gasteiger charge is -2.20. The molecule has 2 aromatic heterocycles. The lowest BCUT2D eigenvalue weighted by molar-refractivity contribution is 0.0725. The molecule has 4 nitrogen and oxygen atoms in total. The SMILES string of the molecule is O=C(c1cc(C2CC2)[nH]n1)N(Cc1cccs1)C1CC1. The average Bonchev–Trinajstić information content (AvgIpc) is 3.39. The highest BCUT2D eigenvalue weighted by Crippen LogP contribution is 2.39. The van der Waals surface area contributed by atoms with E-state index in [1.165, 1.54) is 17.7 Å². The Labute approximate surface area is 121 Å². The molecule has 2 heterocycles. The van der Waals surface area contributed by atoms with E-state index >= 15 is 0 Å². The second kappa shape index (κ2) is 4.74. The molecule has 0 atom stereocenters. The molecular weight excluding hydrogens is 270 g/mol. The van der Waals surface area contributed by atoms with Gasteiger partial charge in [-0.1, -0.05) is 6.07 Å². The topological polar surface area (TPSA) is 49.0 Å². The van der Waals surface area contributed by atoms with Crippen molar-refractivity contribution in [3.8, 4) is 0 Å². The van der Waals surface area contributed by atoms with Crippen molar-refractivity contribution >= 4 is 17.2 Å². The predicted molar refractivity (Wildman–Crippen MR) is 77.8 cm³/mol. The van der Waals surface area contributed by atoms with Gasteiger partial charge in [-0.15, -0.1) is 11.3 Å². The fourth-order valence-corrected chi connectivity index (χ4v) is 3.22. The molecule has 1 amide bonds. The number of rotatable bonds is 5. The van der Waals surface area contributed by atoms with E-state index in [9.17, 15) is 4.79 Å². The average molecular weight is 287 g/mol. The summed E-state index contributed by atoms with van der Waals surface area (Å²) < 4.78 is 0. The summed E-state index contributed by atoms with van der Waals surface area (Å²) in [6, 6.07) is 6.48. The standard InChI is InChI=1S/C15H17N3OS/c19-15(14-8-13(16-17-14)10-3-4-10)18(11-5-6-11)9-12-2-1-7-20-12/h1-2,7-8,10-11H,3-6,9H2,(H,16,17). The van der Waals surface area contributed by atoms with Crippen LogP contribution in [0.5, 0.6) is 0 Å². The minimum Gasteiger partial charge on any atom is -0.329 e. The lowest BCUT2D eigenvalue weighted by atomic mass is 10.2. The summed E-state index contributed by atoms with van der Waals surface area (Å²) in [5.74, 6) is 0.680. The third-order valence-corrected chi connectivity index (χ3v) is 4.85. The summed E-state index contributed by atoms with van der Waals surface area (Å²) in [6.07, 6.45) is 4.68. The van der Waals surface area contributed by atoms with Gasteiger partial charge in [-0.3, -0.25) is 9.89 Å². The maximum atomic E-state index is 12.7. The third kappa shape index (κ3) is 2.38. The van der Waals surface area contributed by atoms with Gasteiger partial charge < -0.3 is 4.90 Å². The van der Waals surface area contributed by atoms with Gasteiger partial charge >= 0.3 is 0 Å². The molecule has 2 aliphatic carbocycles. The van der Waals surface area contributed by atoms with E-state index in [-0.39, 0.29) is 5.91 Å². The van der Waals surface area contributed by atoms with Gasteiger partial charge in [0.05, 0.1) is 6.54 Å². The van der Waals surface area contributed by atoms with Gasteiger partial charge in [0.15, 0.2) is 0 Å². The summed E-state index contributed by atoms with van der Waals surface area (Å²) in [7, 11) is 0. The highest BCUT2D eigenvalue weighted by molar-refractivity contribution is 7.09. The molecular formula is C15H17N3OS. The van der Waals surface area contributed by atoms with Gasteiger partial charge in [0.2, 0.25) is 0 Å². The van der Waals surface area contributed by atoms with Crippen LogP contribution in [0.15, 0.2) is 23.6 Å². The Kier molecular flexibility index (Phi) is 2.88. The van der Waals surface area contributed by atoms with Gasteiger partial charge in [-0.05, 0) is 43.2 Å². The molecule has 0 radical (unpaired) electrons. The van der Waals surface area contributed by atoms with E-state index in [0.717, 1.165) is 18.5 Å². The molecule has 0 unspecified atom stereocenters. The van der Waals surface area contributed by atoms with Crippen molar-refractivity contribution in [2.75, 3.05) is 0 Å². The minimum atomic E-state index is 0.0732. The van der Waals surface area contributed by atoms with Crippen LogP contribution >= 0.6 is 11.3 Å². The van der Waals surface area contributed by atoms with Gasteiger partial charge in [-0.25, -0.2) is 0 Å². The van der Waals surface area contributed by atoms with Crippen LogP contribution in [-0.2, 0) is 6.54 Å². The normalized spacial score (nSPS) is 18.2. The highest BCUT2D eigenvalue weighted by Gasteiger charge is 2.35. The van der Waals surface area contributed by atoms with Crippen LogP contribution in [0.3, 0.4) is 0 Å². The lowest BCUT2D eigenvalue weighted by Crippen LogP contribution is -2.32. The quantitative estimate of drug-likeness (QED) is 0.918. The van der Waals surface area contributed by atoms with Crippen LogP contribution in [0.2, 0.25) is 0 Å². The molecule has 0 aliphatic heterocycles. The first kappa shape index (κ1) is 12.1. The number of aromatic amines is 1. The molecule has 2 aliphatic rings. The van der Waals surface area contributed by atoms with Gasteiger partial charge in [0, 0.05) is 22.5 Å². The Hall–Kier alpha value is -1.62. The number of hydrogen-bond donors (Lipinski definition) is 1. The van der Waals surface area contributed by atoms with Crippen molar-refractivity contribution in [2.24, 2.45) is 0 Å². The predicted octanol–water partition coefficient (Wildman–Crippen LogP) is 3.15. The largest absolute Gasteiger partial charge is 0.329 e. The number of carbonyl (C=O) groups is 1. The summed E-state index contributed by atoms with van der Waals surface area (Å²) in [4.78, 5) is 15.9. The fraction of sp³-hybridized carbons (Fsp3) is 0.467. The highest BCUT2D eigenvalue weighted by atomic mass is 32.1. The van der Waals surface area contributed by atoms with Crippen molar-refractivity contribution in [1.82, 2.24) is 15.1 Å². The first-order valence-corrected chi connectivity index (χ1v) is 8.08. The third-order valence-electron chi connectivity index (χ3n) is 3.99. The number of aromatic nitrogens is 2. The van der Waals surface area contributed by atoms with E-state index in [1.54, 1.807) is 11.3 Å². The van der Waals surface area contributed by atoms with E-state index < -0.39 is 0 Å². The molecule has 2 saturated carbocycles. The molecule has 0 spiro atoms. The Balaban J connectivity index is 1.53. The van der Waals surface area contributed by atoms with Crippen molar-refractivity contribution in [1.29, 1.82) is 0 Å². The molecule has 104 valence electrons. The van der Waals surface area contributed by atoms with E-state index in [0.29, 0.717) is 24.2 Å². The van der Waals surface area contributed by atoms with Crippen molar-refractivity contribution < 1.29 is 4.79 Å².